The first-order valence-corrected chi connectivity index (χ1v) is 12.1. The molecule has 2 aromatic carbocycles. The molecule has 29 heavy (non-hydrogen) atoms. The van der Waals surface area contributed by atoms with Gasteiger partial charge in [0.1, 0.15) is 10.6 Å². The summed E-state index contributed by atoms with van der Waals surface area (Å²) in [6.45, 7) is 6.71. The Kier molecular flexibility index (Phi) is 8.55. The largest absolute Gasteiger partial charge is 0.454 e. The normalized spacial score (nSPS) is 11.5. The smallest absolute Gasteiger partial charge is 0.241 e. The SMILES string of the molecule is CCCCNc1cc(C(=O)SCC(C)C)cc(S(N)(=O)=O)c1Oc1ccccc1. The van der Waals surface area contributed by atoms with Gasteiger partial charge in [-0.2, -0.15) is 0 Å². The third kappa shape index (κ3) is 7.06. The number of nitrogens with two attached hydrogens (primary N) is 1. The van der Waals surface area contributed by atoms with E-state index in [9.17, 15) is 13.2 Å². The summed E-state index contributed by atoms with van der Waals surface area (Å²) in [5.74, 6) is 1.55. The molecule has 8 heteroatoms. The summed E-state index contributed by atoms with van der Waals surface area (Å²) in [6.07, 6.45) is 1.85. The number of carbonyl (C=O) groups is 1. The van der Waals surface area contributed by atoms with Crippen molar-refractivity contribution in [3.63, 3.8) is 0 Å². The molecule has 6 nitrogen and oxygen atoms in total. The van der Waals surface area contributed by atoms with Crippen LogP contribution in [0.4, 0.5) is 5.69 Å². The van der Waals surface area contributed by atoms with E-state index >= 15 is 0 Å². The lowest BCUT2D eigenvalue weighted by molar-refractivity contribution is 0.108. The van der Waals surface area contributed by atoms with E-state index < -0.39 is 10.0 Å². The highest BCUT2D eigenvalue weighted by Crippen LogP contribution is 2.38. The zero-order valence-corrected chi connectivity index (χ0v) is 18.6. The first kappa shape index (κ1) is 23.3. The summed E-state index contributed by atoms with van der Waals surface area (Å²) in [7, 11) is -4.12. The van der Waals surface area contributed by atoms with E-state index in [0.717, 1.165) is 24.6 Å². The van der Waals surface area contributed by atoms with Gasteiger partial charge < -0.3 is 10.1 Å². The molecule has 0 aliphatic heterocycles. The second kappa shape index (κ2) is 10.7. The van der Waals surface area contributed by atoms with Crippen LogP contribution in [0.5, 0.6) is 11.5 Å². The predicted octanol–water partition coefficient (Wildman–Crippen LogP) is 4.87. The molecule has 0 fully saturated rings. The fraction of sp³-hybridized carbons (Fsp3) is 0.381. The van der Waals surface area contributed by atoms with Crippen molar-refractivity contribution in [2.24, 2.45) is 11.1 Å². The standard InChI is InChI=1S/C21H28N2O4S2/c1-4-5-11-23-18-12-16(21(24)28-14-15(2)3)13-19(29(22,25)26)20(18)27-17-9-7-6-8-10-17/h6-10,12-13,15,23H,4-5,11,14H2,1-3H3,(H2,22,25,26). The van der Waals surface area contributed by atoms with Gasteiger partial charge in [0.2, 0.25) is 15.1 Å². The Labute approximate surface area is 177 Å². The minimum Gasteiger partial charge on any atom is -0.454 e. The van der Waals surface area contributed by atoms with Crippen molar-refractivity contribution in [1.29, 1.82) is 0 Å². The Morgan fingerprint density at radius 1 is 1.21 bits per heavy atom. The molecule has 0 atom stereocenters. The van der Waals surface area contributed by atoms with E-state index in [2.05, 4.69) is 12.2 Å². The van der Waals surface area contributed by atoms with Gasteiger partial charge in [0, 0.05) is 17.9 Å². The lowest BCUT2D eigenvalue weighted by Crippen LogP contribution is -2.16. The molecule has 0 saturated heterocycles. The first-order valence-electron chi connectivity index (χ1n) is 9.57. The Morgan fingerprint density at radius 3 is 2.48 bits per heavy atom. The first-order chi connectivity index (χ1) is 13.7. The number of ether oxygens (including phenoxy) is 1. The van der Waals surface area contributed by atoms with Crippen LogP contribution in [0.2, 0.25) is 0 Å². The minimum atomic E-state index is -4.12. The maximum atomic E-state index is 12.6. The van der Waals surface area contributed by atoms with Crippen molar-refractivity contribution in [2.45, 2.75) is 38.5 Å². The minimum absolute atomic E-state index is 0.0974. The van der Waals surface area contributed by atoms with E-state index in [1.54, 1.807) is 30.3 Å². The number of benzene rings is 2. The molecule has 0 bridgehead atoms. The number of unbranched alkanes of at least 4 members (excludes halogenated alkanes) is 1. The van der Waals surface area contributed by atoms with Crippen molar-refractivity contribution in [3.05, 3.63) is 48.0 Å². The average molecular weight is 437 g/mol. The van der Waals surface area contributed by atoms with Crippen molar-refractivity contribution in [3.8, 4) is 11.5 Å². The number of carbonyl (C=O) groups excluding carboxylic acids is 1. The average Bonchev–Trinajstić information content (AvgIpc) is 2.67. The lowest BCUT2D eigenvalue weighted by Gasteiger charge is -2.18. The number of anilines is 1. The molecular formula is C21H28N2O4S2. The fourth-order valence-electron chi connectivity index (χ4n) is 2.50. The van der Waals surface area contributed by atoms with Gasteiger partial charge in [0.05, 0.1) is 5.69 Å². The number of nitrogens with one attached hydrogen (secondary N) is 1. The van der Waals surface area contributed by atoms with Crippen LogP contribution in [-0.4, -0.2) is 25.8 Å². The molecule has 0 heterocycles. The van der Waals surface area contributed by atoms with Crippen LogP contribution in [-0.2, 0) is 10.0 Å². The number of primary sulfonamides is 1. The maximum Gasteiger partial charge on any atom is 0.241 e. The summed E-state index contributed by atoms with van der Waals surface area (Å²) < 4.78 is 30.5. The van der Waals surface area contributed by atoms with Gasteiger partial charge in [-0.1, -0.05) is 57.2 Å². The fourth-order valence-corrected chi connectivity index (χ4v) is 3.97. The molecule has 2 rings (SSSR count). The molecule has 0 amide bonds. The number of para-hydroxylation sites is 1. The Bertz CT molecular complexity index is 929. The zero-order chi connectivity index (χ0) is 21.4. The lowest BCUT2D eigenvalue weighted by atomic mass is 10.2. The highest BCUT2D eigenvalue weighted by atomic mass is 32.2. The van der Waals surface area contributed by atoms with Crippen LogP contribution in [0.15, 0.2) is 47.4 Å². The summed E-state index contributed by atoms with van der Waals surface area (Å²) >= 11 is 1.16. The molecule has 0 spiro atoms. The Morgan fingerprint density at radius 2 is 1.90 bits per heavy atom. The van der Waals surface area contributed by atoms with Crippen LogP contribution in [0.1, 0.15) is 44.0 Å². The van der Waals surface area contributed by atoms with Gasteiger partial charge in [-0.15, -0.1) is 0 Å². The number of hydrogen-bond donors (Lipinski definition) is 2. The molecule has 0 saturated carbocycles. The highest BCUT2D eigenvalue weighted by Gasteiger charge is 2.24. The van der Waals surface area contributed by atoms with Gasteiger partial charge in [0.15, 0.2) is 5.75 Å². The molecule has 0 aromatic heterocycles. The van der Waals surface area contributed by atoms with Crippen molar-refractivity contribution in [2.75, 3.05) is 17.6 Å². The van der Waals surface area contributed by atoms with Crippen LogP contribution in [0.3, 0.4) is 0 Å². The monoisotopic (exact) mass is 436 g/mol. The number of sulfonamides is 1. The topological polar surface area (TPSA) is 98.5 Å². The van der Waals surface area contributed by atoms with E-state index in [1.165, 1.54) is 6.07 Å². The molecule has 0 radical (unpaired) electrons. The third-order valence-electron chi connectivity index (χ3n) is 3.95. The van der Waals surface area contributed by atoms with E-state index in [-0.39, 0.29) is 21.3 Å². The molecule has 3 N–H and O–H groups in total. The summed E-state index contributed by atoms with van der Waals surface area (Å²) in [5, 5.41) is 8.47. The van der Waals surface area contributed by atoms with Crippen LogP contribution in [0, 0.1) is 5.92 Å². The molecular weight excluding hydrogens is 408 g/mol. The second-order valence-corrected chi connectivity index (χ2v) is 9.61. The van der Waals surface area contributed by atoms with Crippen molar-refractivity contribution >= 4 is 32.6 Å². The molecule has 0 aliphatic carbocycles. The number of thioether (sulfide) groups is 1. The van der Waals surface area contributed by atoms with E-state index in [1.807, 2.05) is 19.9 Å². The van der Waals surface area contributed by atoms with Gasteiger partial charge in [-0.25, -0.2) is 13.6 Å². The van der Waals surface area contributed by atoms with E-state index in [0.29, 0.717) is 29.7 Å². The summed E-state index contributed by atoms with van der Waals surface area (Å²) in [6, 6.07) is 11.8. The third-order valence-corrected chi connectivity index (χ3v) is 6.20. The van der Waals surface area contributed by atoms with Crippen LogP contribution in [0.25, 0.3) is 0 Å². The van der Waals surface area contributed by atoms with Gasteiger partial charge >= 0.3 is 0 Å². The molecule has 0 aliphatic rings. The highest BCUT2D eigenvalue weighted by molar-refractivity contribution is 8.14. The molecule has 2 aromatic rings. The molecule has 0 unspecified atom stereocenters. The van der Waals surface area contributed by atoms with Crippen molar-refractivity contribution in [1.82, 2.24) is 0 Å². The maximum absolute atomic E-state index is 12.6. The summed E-state index contributed by atoms with van der Waals surface area (Å²) in [5.41, 5.74) is 0.710. The van der Waals surface area contributed by atoms with Gasteiger partial charge in [-0.05, 0) is 36.6 Å². The van der Waals surface area contributed by atoms with Gasteiger partial charge in [0.25, 0.3) is 0 Å². The second-order valence-electron chi connectivity index (χ2n) is 7.08. The number of hydrogen-bond acceptors (Lipinski definition) is 6. The van der Waals surface area contributed by atoms with E-state index in [4.69, 9.17) is 9.88 Å². The Balaban J connectivity index is 2.53. The quantitative estimate of drug-likeness (QED) is 0.516. The van der Waals surface area contributed by atoms with Crippen molar-refractivity contribution < 1.29 is 17.9 Å². The van der Waals surface area contributed by atoms with Gasteiger partial charge in [-0.3, -0.25) is 4.79 Å². The van der Waals surface area contributed by atoms with Crippen LogP contribution >= 0.6 is 11.8 Å². The number of rotatable bonds is 10. The summed E-state index contributed by atoms with van der Waals surface area (Å²) in [4.78, 5) is 12.4. The molecule has 158 valence electrons. The Hall–Kier alpha value is -2.03. The predicted molar refractivity (Wildman–Crippen MR) is 119 cm³/mol. The zero-order valence-electron chi connectivity index (χ0n) is 17.0. The van der Waals surface area contributed by atoms with Crippen LogP contribution < -0.4 is 15.2 Å².